The van der Waals surface area contributed by atoms with Gasteiger partial charge in [0.1, 0.15) is 0 Å². The van der Waals surface area contributed by atoms with Crippen LogP contribution < -0.4 is 21.9 Å². The molecule has 0 aromatic carbocycles. The molecule has 608 valence electrons. The van der Waals surface area contributed by atoms with E-state index in [-0.39, 0.29) is 44.9 Å². The summed E-state index contributed by atoms with van der Waals surface area (Å²) >= 11 is 4.64. The predicted octanol–water partition coefficient (Wildman–Crippen LogP) is 15.7. The molecule has 0 amide bonds. The lowest BCUT2D eigenvalue weighted by atomic mass is 9.81. The molecule has 0 aromatic heterocycles. The minimum atomic E-state index is -7.20. The lowest BCUT2D eigenvalue weighted by Gasteiger charge is -2.35. The number of nitrogens with zero attached hydrogens (tertiary/aromatic N) is 2. The van der Waals surface area contributed by atoms with Gasteiger partial charge in [-0.2, -0.15) is 132 Å². The van der Waals surface area contributed by atoms with Crippen molar-refractivity contribution in [3.8, 4) is 0 Å². The van der Waals surface area contributed by atoms with Gasteiger partial charge in [0.05, 0.1) is 100 Å². The van der Waals surface area contributed by atoms with Crippen LogP contribution in [0.5, 0.6) is 0 Å². The molecule has 0 aliphatic rings. The molecule has 0 aliphatic heterocycles. The van der Waals surface area contributed by atoms with E-state index >= 15 is 0 Å². The zero-order valence-electron chi connectivity index (χ0n) is 51.8. The van der Waals surface area contributed by atoms with E-state index in [4.69, 9.17) is 0 Å². The molecule has 8 nitrogen and oxygen atoms in total. The number of sulfonamides is 2. The maximum Gasteiger partial charge on any atom is 0.431 e. The fourth-order valence-electron chi connectivity index (χ4n) is 8.92. The maximum atomic E-state index is 14.3. The van der Waals surface area contributed by atoms with Gasteiger partial charge in [-0.3, -0.25) is 0 Å². The van der Waals surface area contributed by atoms with E-state index in [0.717, 1.165) is 0 Å². The van der Waals surface area contributed by atoms with Crippen LogP contribution in [0.1, 0.15) is 89.9 Å². The van der Waals surface area contributed by atoms with Crippen molar-refractivity contribution >= 4 is 31.6 Å². The lowest BCUT2D eigenvalue weighted by molar-refractivity contribution is -0.870. The van der Waals surface area contributed by atoms with Crippen LogP contribution in [-0.4, -0.2) is 202 Å². The largest absolute Gasteiger partial charge is 1.00 e. The first-order valence-electron chi connectivity index (χ1n) is 27.3. The Morgan fingerprint density at radius 1 is 0.350 bits per heavy atom. The Balaban J connectivity index is -0.000000891. The van der Waals surface area contributed by atoms with E-state index in [2.05, 4.69) is 11.6 Å². The third-order valence-corrected chi connectivity index (χ3v) is 16.7. The SMILES string of the molecule is CCl.CN(C)CCCNS(=O)(=O)CCC(CC(CC(CC(F)(F)CC(F)(F)CC(F)(C(F)(F)F)C(F)(F)F)C(F)(F)F)C(F)(F)F)C(F)(F)F.C[N+](C)(C)CCCNS(=O)(=O)CCC(CC(CC(CC(F)(F)CC(F)(F)CC(F)(C(F)(F)F)C(F)(F)F)C(F)(F)F)C(F)(F)F)C(F)(F)F.[Cl-]. The topological polar surface area (TPSA) is 95.6 Å². The second kappa shape index (κ2) is 36.9. The van der Waals surface area contributed by atoms with Crippen LogP contribution in [0.4, 0.5) is 176 Å². The molecule has 6 unspecified atom stereocenters. The number of hydrogen-bond acceptors (Lipinski definition) is 5. The molecule has 0 spiro atoms. The number of rotatable bonds is 36. The minimum Gasteiger partial charge on any atom is -1.00 e. The summed E-state index contributed by atoms with van der Waals surface area (Å²) in [5.41, 5.74) is -13.7. The van der Waals surface area contributed by atoms with Crippen LogP contribution in [0.15, 0.2) is 0 Å². The smallest absolute Gasteiger partial charge is 0.431 e. The molecule has 100 heavy (non-hydrogen) atoms. The summed E-state index contributed by atoms with van der Waals surface area (Å²) in [5.74, 6) is -49.2. The summed E-state index contributed by atoms with van der Waals surface area (Å²) < 4.78 is 589. The van der Waals surface area contributed by atoms with Crippen molar-refractivity contribution in [3.05, 3.63) is 0 Å². The van der Waals surface area contributed by atoms with Gasteiger partial charge >= 0.3 is 73.1 Å². The summed E-state index contributed by atoms with van der Waals surface area (Å²) in [5, 5.41) is 0. The second-order valence-electron chi connectivity index (χ2n) is 24.0. The molecule has 0 saturated carbocycles. The summed E-state index contributed by atoms with van der Waals surface area (Å²) in [6.45, 7) is -0.00784. The Morgan fingerprint density at radius 2 is 0.580 bits per heavy atom. The summed E-state index contributed by atoms with van der Waals surface area (Å²) in [6, 6.07) is 0. The molecule has 0 heterocycles. The van der Waals surface area contributed by atoms with Gasteiger partial charge in [0.2, 0.25) is 20.0 Å². The molecule has 0 radical (unpaired) electrons. The van der Waals surface area contributed by atoms with Crippen molar-refractivity contribution < 1.29 is 209 Å². The third-order valence-electron chi connectivity index (χ3n) is 13.9. The Kier molecular flexibility index (Phi) is 38.3. The zero-order chi connectivity index (χ0) is 80.1. The van der Waals surface area contributed by atoms with Gasteiger partial charge in [0.25, 0.3) is 23.7 Å². The van der Waals surface area contributed by atoms with E-state index < -0.39 is 241 Å². The standard InChI is InChI=1S/C24H33F20N2O2S.C23H30F20N2O2S.CH3Cl.ClH/c1-46(2,3)7-4-6-45-49(47,48)8-5-14(20(30,31)32)9-15(21(33,34)35)10-16(22(36,37)38)11-17(25,26)12-18(27,28)13-19(29,23(39,40)41)24(42,43)44;1-45(2)6-3-5-44-48(46,47)7-4-13(19(29,30)31)8-14(20(32,33)34)9-15(21(35,36)37)10-16(24,25)11-17(26,27)12-18(28,22(38,39)40)23(41,42)43;1-2;/h14-16,45H,4-13H2,1-3H3;13-15,44H,3-12H2,1-2H3;1H3;1H/q+1;;;/p-1. The van der Waals surface area contributed by atoms with Crippen LogP contribution in [0.3, 0.4) is 0 Å². The fourth-order valence-corrected chi connectivity index (χ4v) is 11.3. The van der Waals surface area contributed by atoms with Crippen molar-refractivity contribution in [2.45, 2.75) is 187 Å². The Hall–Kier alpha value is -2.48. The van der Waals surface area contributed by atoms with Gasteiger partial charge in [-0.05, 0) is 65.6 Å². The van der Waals surface area contributed by atoms with Crippen LogP contribution in [0, 0.1) is 35.5 Å². The number of halogens is 42. The molecule has 0 bridgehead atoms. The van der Waals surface area contributed by atoms with Crippen molar-refractivity contribution in [2.75, 3.05) is 79.3 Å². The molecule has 0 saturated heterocycles. The van der Waals surface area contributed by atoms with Crippen LogP contribution >= 0.6 is 11.6 Å². The van der Waals surface area contributed by atoms with E-state index in [1.54, 1.807) is 40.1 Å². The summed E-state index contributed by atoms with van der Waals surface area (Å²) in [7, 11) is -0.947. The molecular formula is C48H66Cl2F40N4O4S2. The predicted molar refractivity (Wildman–Crippen MR) is 270 cm³/mol. The monoisotopic (exact) mass is 1660 g/mol. The molecular weight excluding hydrogens is 1590 g/mol. The van der Waals surface area contributed by atoms with E-state index in [0.29, 0.717) is 11.0 Å². The van der Waals surface area contributed by atoms with Gasteiger partial charge in [-0.1, -0.05) is 0 Å². The first-order valence-corrected chi connectivity index (χ1v) is 31.4. The van der Waals surface area contributed by atoms with E-state index in [1.165, 1.54) is 6.38 Å². The van der Waals surface area contributed by atoms with Crippen molar-refractivity contribution in [1.82, 2.24) is 14.3 Å². The van der Waals surface area contributed by atoms with Crippen LogP contribution in [0.25, 0.3) is 0 Å². The average molecular weight is 1660 g/mol. The fraction of sp³-hybridized carbons (Fsp3) is 1.00. The Morgan fingerprint density at radius 3 is 0.790 bits per heavy atom. The minimum absolute atomic E-state index is 0. The number of nitrogens with one attached hydrogen (secondary N) is 2. The average Bonchev–Trinajstić information content (AvgIpc) is 0.763. The molecule has 2 N–H and O–H groups in total. The van der Waals surface area contributed by atoms with Gasteiger partial charge in [-0.25, -0.2) is 70.2 Å². The molecule has 6 atom stereocenters. The van der Waals surface area contributed by atoms with Gasteiger partial charge in [0.15, 0.2) is 0 Å². The molecule has 0 rings (SSSR count). The molecule has 0 fully saturated rings. The van der Waals surface area contributed by atoms with Gasteiger partial charge in [0, 0.05) is 38.7 Å². The summed E-state index contributed by atoms with van der Waals surface area (Å²) in [4.78, 5) is 1.58. The van der Waals surface area contributed by atoms with E-state index in [9.17, 15) is 192 Å². The van der Waals surface area contributed by atoms with Crippen LogP contribution in [-0.2, 0) is 20.0 Å². The molecule has 0 aromatic rings. The lowest BCUT2D eigenvalue weighted by Crippen LogP contribution is -3.00. The van der Waals surface area contributed by atoms with Crippen LogP contribution in [0.2, 0.25) is 0 Å². The molecule has 52 heteroatoms. The normalized spacial score (nSPS) is 16.8. The number of hydrogen-bond donors (Lipinski definition) is 2. The van der Waals surface area contributed by atoms with Gasteiger partial charge in [-0.15, -0.1) is 11.6 Å². The van der Waals surface area contributed by atoms with E-state index in [1.807, 2.05) is 9.44 Å². The Labute approximate surface area is 555 Å². The van der Waals surface area contributed by atoms with Crippen molar-refractivity contribution in [3.63, 3.8) is 0 Å². The molecule has 0 aliphatic carbocycles. The number of quaternary nitrogens is 1. The highest BCUT2D eigenvalue weighted by atomic mass is 35.5. The highest BCUT2D eigenvalue weighted by molar-refractivity contribution is 7.89. The number of alkyl halides is 41. The van der Waals surface area contributed by atoms with Gasteiger partial charge < -0.3 is 21.8 Å². The quantitative estimate of drug-likeness (QED) is 0.0282. The Bertz CT molecular complexity index is 2560. The highest BCUT2D eigenvalue weighted by Crippen LogP contribution is 2.57. The highest BCUT2D eigenvalue weighted by Gasteiger charge is 2.77. The zero-order valence-corrected chi connectivity index (χ0v) is 55.0. The first kappa shape index (κ1) is 104. The summed E-state index contributed by atoms with van der Waals surface area (Å²) in [6.07, 6.45) is -98.5. The van der Waals surface area contributed by atoms with Crippen molar-refractivity contribution in [1.29, 1.82) is 0 Å². The third kappa shape index (κ3) is 38.7. The first-order chi connectivity index (χ1) is 43.0. The maximum absolute atomic E-state index is 14.3. The second-order valence-corrected chi connectivity index (χ2v) is 27.9. The van der Waals surface area contributed by atoms with Crippen molar-refractivity contribution in [2.24, 2.45) is 35.5 Å².